The highest BCUT2D eigenvalue weighted by molar-refractivity contribution is 5.72. The highest BCUT2D eigenvalue weighted by Gasteiger charge is 2.39. The Bertz CT molecular complexity index is 594. The molecule has 0 aromatic heterocycles. The maximum Gasteiger partial charge on any atom is 0.308 e. The predicted molar refractivity (Wildman–Crippen MR) is 106 cm³/mol. The van der Waals surface area contributed by atoms with Crippen LogP contribution in [-0.4, -0.2) is 29.3 Å². The second-order valence-electron chi connectivity index (χ2n) is 8.49. The Kier molecular flexibility index (Phi) is 8.74. The number of aliphatic carboxylic acids is 1. The first kappa shape index (κ1) is 22.7. The third-order valence-corrected chi connectivity index (χ3v) is 6.35. The van der Waals surface area contributed by atoms with E-state index in [1.165, 1.54) is 5.57 Å². The van der Waals surface area contributed by atoms with Gasteiger partial charge in [0, 0.05) is 18.3 Å². The Morgan fingerprint density at radius 1 is 1.36 bits per heavy atom. The van der Waals surface area contributed by atoms with Crippen LogP contribution in [0.4, 0.5) is 0 Å². The summed E-state index contributed by atoms with van der Waals surface area (Å²) in [6.07, 6.45) is 11.3. The number of ether oxygens (including phenoxy) is 1. The van der Waals surface area contributed by atoms with E-state index in [4.69, 9.17) is 4.74 Å². The lowest BCUT2D eigenvalue weighted by Crippen LogP contribution is -2.40. The number of esters is 1. The molecular formula is C23H35O5-. The third kappa shape index (κ3) is 6.20. The number of carboxylic acid groups (broad SMARTS) is 1. The first-order valence-corrected chi connectivity index (χ1v) is 10.8. The molecule has 0 saturated carbocycles. The van der Waals surface area contributed by atoms with Gasteiger partial charge in [-0.2, -0.15) is 0 Å². The minimum Gasteiger partial charge on any atom is -0.550 e. The van der Waals surface area contributed by atoms with Crippen molar-refractivity contribution in [1.82, 2.24) is 0 Å². The van der Waals surface area contributed by atoms with Gasteiger partial charge in [-0.15, -0.1) is 0 Å². The van der Waals surface area contributed by atoms with Crippen molar-refractivity contribution >= 4 is 11.9 Å². The van der Waals surface area contributed by atoms with E-state index >= 15 is 0 Å². The van der Waals surface area contributed by atoms with Crippen molar-refractivity contribution in [3.8, 4) is 0 Å². The quantitative estimate of drug-likeness (QED) is 0.457. The van der Waals surface area contributed by atoms with Gasteiger partial charge in [-0.05, 0) is 49.5 Å². The highest BCUT2D eigenvalue weighted by atomic mass is 16.5. The molecular weight excluding hydrogens is 356 g/mol. The number of carboxylic acids is 1. The fourth-order valence-electron chi connectivity index (χ4n) is 4.44. The Morgan fingerprint density at radius 3 is 2.79 bits per heavy atom. The van der Waals surface area contributed by atoms with Gasteiger partial charge in [-0.25, -0.2) is 0 Å². The molecule has 0 radical (unpaired) electrons. The van der Waals surface area contributed by atoms with E-state index in [1.807, 2.05) is 13.8 Å². The number of hydrogen-bond acceptors (Lipinski definition) is 5. The molecule has 0 saturated heterocycles. The van der Waals surface area contributed by atoms with Crippen LogP contribution in [0.5, 0.6) is 0 Å². The fraction of sp³-hybridized carbons (Fsp3) is 0.739. The van der Waals surface area contributed by atoms with E-state index in [-0.39, 0.29) is 30.3 Å². The highest BCUT2D eigenvalue weighted by Crippen LogP contribution is 2.43. The molecule has 5 heteroatoms. The van der Waals surface area contributed by atoms with Crippen molar-refractivity contribution in [2.75, 3.05) is 0 Å². The maximum atomic E-state index is 12.4. The predicted octanol–water partition coefficient (Wildman–Crippen LogP) is 3.16. The third-order valence-electron chi connectivity index (χ3n) is 6.35. The summed E-state index contributed by atoms with van der Waals surface area (Å²) < 4.78 is 5.95. The maximum absolute atomic E-state index is 12.4. The van der Waals surface area contributed by atoms with Crippen molar-refractivity contribution in [3.05, 3.63) is 23.8 Å². The van der Waals surface area contributed by atoms with Gasteiger partial charge in [-0.3, -0.25) is 4.79 Å². The van der Waals surface area contributed by atoms with Gasteiger partial charge in [0.05, 0.1) is 12.0 Å². The second-order valence-corrected chi connectivity index (χ2v) is 8.49. The molecule has 0 aliphatic heterocycles. The van der Waals surface area contributed by atoms with E-state index in [0.717, 1.165) is 38.5 Å². The van der Waals surface area contributed by atoms with Crippen LogP contribution in [0.15, 0.2) is 23.8 Å². The Morgan fingerprint density at radius 2 is 2.11 bits per heavy atom. The molecule has 1 N–H and O–H groups in total. The van der Waals surface area contributed by atoms with E-state index in [9.17, 15) is 19.8 Å². The average Bonchev–Trinajstić information content (AvgIpc) is 2.65. The molecule has 158 valence electrons. The molecule has 28 heavy (non-hydrogen) atoms. The standard InChI is InChI=1S/C23H36O5/c1-4-15(2)23(27)28-20-11-7-8-17-13-12-16(3)19(22(17)20)10-6-5-9-18(24)14-21(25)26/h8,12-13,15-16,18-20,22,24H,4-7,9-11,14H2,1-3H3,(H,25,26)/p-1/t15-,16-,18+,19-,20-,22-/m0/s1. The molecule has 2 aliphatic carbocycles. The first-order valence-electron chi connectivity index (χ1n) is 10.8. The van der Waals surface area contributed by atoms with E-state index < -0.39 is 12.1 Å². The number of carbonyl (C=O) groups excluding carboxylic acids is 2. The number of rotatable bonds is 10. The molecule has 0 aromatic carbocycles. The zero-order chi connectivity index (χ0) is 20.7. The number of aliphatic hydroxyl groups is 1. The van der Waals surface area contributed by atoms with Gasteiger partial charge in [0.2, 0.25) is 0 Å². The van der Waals surface area contributed by atoms with Gasteiger partial charge in [-0.1, -0.05) is 51.8 Å². The Labute approximate surface area is 168 Å². The summed E-state index contributed by atoms with van der Waals surface area (Å²) in [5.41, 5.74) is 1.29. The molecule has 0 bridgehead atoms. The monoisotopic (exact) mass is 391 g/mol. The lowest BCUT2D eigenvalue weighted by molar-refractivity contribution is -0.307. The molecule has 0 fully saturated rings. The zero-order valence-electron chi connectivity index (χ0n) is 17.4. The number of carbonyl (C=O) groups is 2. The molecule has 0 amide bonds. The van der Waals surface area contributed by atoms with E-state index in [2.05, 4.69) is 25.2 Å². The van der Waals surface area contributed by atoms with Gasteiger partial charge < -0.3 is 19.7 Å². The second kappa shape index (κ2) is 10.8. The van der Waals surface area contributed by atoms with E-state index in [1.54, 1.807) is 0 Å². The van der Waals surface area contributed by atoms with Crippen LogP contribution in [0, 0.1) is 23.7 Å². The van der Waals surface area contributed by atoms with Gasteiger partial charge in [0.1, 0.15) is 6.10 Å². The largest absolute Gasteiger partial charge is 0.550 e. The smallest absolute Gasteiger partial charge is 0.308 e. The normalized spacial score (nSPS) is 28.8. The minimum atomic E-state index is -1.21. The fourth-order valence-corrected chi connectivity index (χ4v) is 4.44. The first-order chi connectivity index (χ1) is 13.3. The van der Waals surface area contributed by atoms with Crippen LogP contribution in [-0.2, 0) is 14.3 Å². The van der Waals surface area contributed by atoms with Crippen molar-refractivity contribution in [3.63, 3.8) is 0 Å². The molecule has 0 spiro atoms. The van der Waals surface area contributed by atoms with Gasteiger partial charge >= 0.3 is 5.97 Å². The number of fused-ring (bicyclic) bond motifs is 1. The van der Waals surface area contributed by atoms with Crippen molar-refractivity contribution in [1.29, 1.82) is 0 Å². The average molecular weight is 392 g/mol. The summed E-state index contributed by atoms with van der Waals surface area (Å²) >= 11 is 0. The van der Waals surface area contributed by atoms with Crippen molar-refractivity contribution < 1.29 is 24.5 Å². The van der Waals surface area contributed by atoms with Crippen molar-refractivity contribution in [2.24, 2.45) is 23.7 Å². The molecule has 5 nitrogen and oxygen atoms in total. The minimum absolute atomic E-state index is 0.0671. The SMILES string of the molecule is CC[C@H](C)C(=O)O[C@H]1CCC=C2C=C[C@H](C)[C@H](CCCC[C@@H](O)CC(=O)[O-])[C@H]21. The van der Waals surface area contributed by atoms with Crippen LogP contribution < -0.4 is 5.11 Å². The van der Waals surface area contributed by atoms with Crippen LogP contribution in [0.3, 0.4) is 0 Å². The zero-order valence-corrected chi connectivity index (χ0v) is 17.4. The molecule has 0 heterocycles. The summed E-state index contributed by atoms with van der Waals surface area (Å²) in [7, 11) is 0. The number of hydrogen-bond donors (Lipinski definition) is 1. The summed E-state index contributed by atoms with van der Waals surface area (Å²) in [5.74, 6) is -0.353. The Hall–Kier alpha value is -1.62. The summed E-state index contributed by atoms with van der Waals surface area (Å²) in [6.45, 7) is 6.13. The Balaban J connectivity index is 1.98. The molecule has 2 aliphatic rings. The van der Waals surface area contributed by atoms with Crippen LogP contribution in [0.2, 0.25) is 0 Å². The van der Waals surface area contributed by atoms with Crippen molar-refractivity contribution in [2.45, 2.75) is 84.3 Å². The van der Waals surface area contributed by atoms with Gasteiger partial charge in [0.15, 0.2) is 0 Å². The van der Waals surface area contributed by atoms with E-state index in [0.29, 0.717) is 18.3 Å². The lowest BCUT2D eigenvalue weighted by Gasteiger charge is -2.42. The van der Waals surface area contributed by atoms with Crippen LogP contribution in [0.1, 0.15) is 72.1 Å². The lowest BCUT2D eigenvalue weighted by atomic mass is 9.66. The summed E-state index contributed by atoms with van der Waals surface area (Å²) in [4.78, 5) is 22.9. The topological polar surface area (TPSA) is 86.7 Å². The number of aliphatic hydroxyl groups excluding tert-OH is 1. The molecule has 6 atom stereocenters. The van der Waals surface area contributed by atoms with Crippen LogP contribution in [0.25, 0.3) is 0 Å². The molecule has 0 aromatic rings. The number of unbranched alkanes of at least 4 members (excludes halogenated alkanes) is 1. The van der Waals surface area contributed by atoms with Gasteiger partial charge in [0.25, 0.3) is 0 Å². The molecule has 2 rings (SSSR count). The molecule has 0 unspecified atom stereocenters. The number of allylic oxidation sites excluding steroid dienone is 3. The summed E-state index contributed by atoms with van der Waals surface area (Å²) in [5, 5.41) is 20.3. The summed E-state index contributed by atoms with van der Waals surface area (Å²) in [6, 6.07) is 0. The van der Waals surface area contributed by atoms with Crippen LogP contribution >= 0.6 is 0 Å².